The minimum absolute atomic E-state index is 0.109. The van der Waals surface area contributed by atoms with Crippen molar-refractivity contribution in [2.45, 2.75) is 6.18 Å². The average molecular weight is 385 g/mol. The van der Waals surface area contributed by atoms with E-state index in [-0.39, 0.29) is 14.4 Å². The fraction of sp³-hybridized carbons (Fsp3) is 0.200. The molecule has 0 aromatic heterocycles. The topological polar surface area (TPSA) is 48.2 Å². The van der Waals surface area contributed by atoms with Crippen molar-refractivity contribution in [1.29, 1.82) is 5.26 Å². The number of benzene rings is 1. The molecule has 0 aliphatic rings. The van der Waals surface area contributed by atoms with Gasteiger partial charge in [-0.05, 0) is 47.0 Å². The number of hydrogen-bond acceptors (Lipinski definition) is 3. The minimum Gasteiger partial charge on any atom is -0.271 e. The quantitative estimate of drug-likeness (QED) is 0.264. The summed E-state index contributed by atoms with van der Waals surface area (Å²) in [6.07, 6.45) is -1.08. The number of nitrogens with one attached hydrogen (secondary N) is 1. The molecule has 0 atom stereocenters. The molecule has 1 aromatic rings. The lowest BCUT2D eigenvalue weighted by atomic mass is 10.2. The number of hydrogen-bond donors (Lipinski definition) is 1. The Labute approximate surface area is 120 Å². The molecule has 0 fully saturated rings. The molecule has 0 aliphatic carbocycles. The van der Waals surface area contributed by atoms with E-state index in [1.165, 1.54) is 12.1 Å². The Morgan fingerprint density at radius 2 is 2.17 bits per heavy atom. The van der Waals surface area contributed by atoms with Crippen molar-refractivity contribution in [3.05, 3.63) is 27.3 Å². The Balaban J connectivity index is 3.17. The van der Waals surface area contributed by atoms with Gasteiger partial charge in [0.25, 0.3) is 0 Å². The molecule has 0 bridgehead atoms. The number of rotatable bonds is 1. The van der Waals surface area contributed by atoms with Crippen LogP contribution < -0.4 is 5.32 Å². The molecule has 1 rings (SSSR count). The van der Waals surface area contributed by atoms with Crippen molar-refractivity contribution >= 4 is 45.2 Å². The molecule has 0 spiro atoms. The summed E-state index contributed by atoms with van der Waals surface area (Å²) in [4.78, 5) is 3.92. The maximum atomic E-state index is 12.7. The van der Waals surface area contributed by atoms with Crippen LogP contribution in [0.15, 0.2) is 23.2 Å². The van der Waals surface area contributed by atoms with Gasteiger partial charge in [-0.3, -0.25) is 5.32 Å². The summed E-state index contributed by atoms with van der Waals surface area (Å²) in [5.41, 5.74) is -0.586. The fourth-order valence-electron chi connectivity index (χ4n) is 1.09. The zero-order valence-corrected chi connectivity index (χ0v) is 12.0. The highest BCUT2D eigenvalue weighted by molar-refractivity contribution is 14.1. The normalized spacial score (nSPS) is 12.1. The molecule has 0 aliphatic heterocycles. The molecule has 0 amide bonds. The number of halogens is 4. The minimum atomic E-state index is -4.41. The first-order valence-corrected chi connectivity index (χ1v) is 6.83. The summed E-state index contributed by atoms with van der Waals surface area (Å²) in [6.45, 7) is 0. The lowest BCUT2D eigenvalue weighted by molar-refractivity contribution is -0.138. The number of nitriles is 1. The smallest absolute Gasteiger partial charge is 0.271 e. The molecule has 1 N–H and O–H groups in total. The van der Waals surface area contributed by atoms with Gasteiger partial charge in [0.2, 0.25) is 0 Å². The number of alkyl halides is 3. The highest BCUT2D eigenvalue weighted by Gasteiger charge is 2.33. The highest BCUT2D eigenvalue weighted by atomic mass is 127. The summed E-state index contributed by atoms with van der Waals surface area (Å²) >= 11 is 2.76. The molecular weight excluding hydrogens is 378 g/mol. The number of nitrogens with zero attached hydrogens (tertiary/aromatic N) is 2. The third kappa shape index (κ3) is 4.06. The van der Waals surface area contributed by atoms with Crippen molar-refractivity contribution in [3.8, 4) is 6.19 Å². The van der Waals surface area contributed by atoms with Crippen molar-refractivity contribution in [2.75, 3.05) is 6.26 Å². The van der Waals surface area contributed by atoms with Crippen LogP contribution in [0, 0.1) is 15.0 Å². The fourth-order valence-corrected chi connectivity index (χ4v) is 2.08. The third-order valence-electron chi connectivity index (χ3n) is 1.84. The van der Waals surface area contributed by atoms with Crippen LogP contribution in [0.5, 0.6) is 0 Å². The van der Waals surface area contributed by atoms with Gasteiger partial charge in [-0.1, -0.05) is 11.8 Å². The molecule has 1 aromatic carbocycles. The van der Waals surface area contributed by atoms with E-state index in [0.717, 1.165) is 17.8 Å². The van der Waals surface area contributed by atoms with E-state index in [9.17, 15) is 13.2 Å². The van der Waals surface area contributed by atoms with Crippen LogP contribution in [0.3, 0.4) is 0 Å². The van der Waals surface area contributed by atoms with Gasteiger partial charge in [-0.2, -0.15) is 18.4 Å². The summed E-state index contributed by atoms with van der Waals surface area (Å²) in [5, 5.41) is 11.0. The molecule has 0 heterocycles. The zero-order chi connectivity index (χ0) is 13.8. The Hall–Kier alpha value is -0.950. The largest absolute Gasteiger partial charge is 0.417 e. The van der Waals surface area contributed by atoms with E-state index in [2.05, 4.69) is 10.3 Å². The molecule has 8 heteroatoms. The summed E-state index contributed by atoms with van der Waals surface area (Å²) in [7, 11) is 0. The molecule has 96 valence electrons. The van der Waals surface area contributed by atoms with E-state index in [1.807, 2.05) is 0 Å². The maximum Gasteiger partial charge on any atom is 0.417 e. The molecule has 18 heavy (non-hydrogen) atoms. The Kier molecular flexibility index (Phi) is 5.28. The predicted octanol–water partition coefficient (Wildman–Crippen LogP) is 3.73. The number of amidine groups is 1. The van der Waals surface area contributed by atoms with E-state index in [1.54, 1.807) is 35.0 Å². The van der Waals surface area contributed by atoms with Gasteiger partial charge in [0.05, 0.1) is 11.3 Å². The Bertz CT molecular complexity index is 508. The van der Waals surface area contributed by atoms with Gasteiger partial charge in [0, 0.05) is 3.57 Å². The van der Waals surface area contributed by atoms with Gasteiger partial charge in [-0.25, -0.2) is 4.99 Å². The van der Waals surface area contributed by atoms with E-state index in [0.29, 0.717) is 0 Å². The first-order chi connectivity index (χ1) is 8.38. The monoisotopic (exact) mass is 385 g/mol. The van der Waals surface area contributed by atoms with Gasteiger partial charge in [0.15, 0.2) is 11.4 Å². The van der Waals surface area contributed by atoms with Crippen LogP contribution >= 0.6 is 34.4 Å². The SMILES string of the molecule is CSC(=Nc1ccc(I)c(C(F)(F)F)c1)NC#N. The maximum absolute atomic E-state index is 12.7. The molecule has 0 radical (unpaired) electrons. The summed E-state index contributed by atoms with van der Waals surface area (Å²) in [5.74, 6) is 0. The zero-order valence-electron chi connectivity index (χ0n) is 9.05. The van der Waals surface area contributed by atoms with Crippen LogP contribution in [0.1, 0.15) is 5.56 Å². The van der Waals surface area contributed by atoms with Crippen LogP contribution in [-0.4, -0.2) is 11.4 Å². The molecule has 0 saturated heterocycles. The van der Waals surface area contributed by atoms with Crippen LogP contribution in [0.2, 0.25) is 0 Å². The van der Waals surface area contributed by atoms with Crippen molar-refractivity contribution in [1.82, 2.24) is 5.32 Å². The first kappa shape index (κ1) is 15.1. The highest BCUT2D eigenvalue weighted by Crippen LogP contribution is 2.35. The standard InChI is InChI=1S/C10H7F3IN3S/c1-18-9(16-5-15)17-6-2-3-8(14)7(4-6)10(11,12)13/h2-4H,1H3,(H,16,17). The second-order valence-corrected chi connectivity index (χ2v) is 4.98. The van der Waals surface area contributed by atoms with Crippen molar-refractivity contribution < 1.29 is 13.2 Å². The predicted molar refractivity (Wildman–Crippen MR) is 73.5 cm³/mol. The summed E-state index contributed by atoms with van der Waals surface area (Å²) in [6, 6.07) is 3.76. The van der Waals surface area contributed by atoms with E-state index in [4.69, 9.17) is 5.26 Å². The number of thioether (sulfide) groups is 1. The first-order valence-electron chi connectivity index (χ1n) is 4.53. The van der Waals surface area contributed by atoms with Gasteiger partial charge in [-0.15, -0.1) is 0 Å². The average Bonchev–Trinajstić information content (AvgIpc) is 2.29. The van der Waals surface area contributed by atoms with Crippen LogP contribution in [0.4, 0.5) is 18.9 Å². The second-order valence-electron chi connectivity index (χ2n) is 3.02. The van der Waals surface area contributed by atoms with Crippen LogP contribution in [0.25, 0.3) is 0 Å². The molecule has 0 unspecified atom stereocenters. The van der Waals surface area contributed by atoms with Gasteiger partial charge >= 0.3 is 6.18 Å². The van der Waals surface area contributed by atoms with Crippen molar-refractivity contribution in [3.63, 3.8) is 0 Å². The lowest BCUT2D eigenvalue weighted by Crippen LogP contribution is -2.12. The second kappa shape index (κ2) is 6.29. The number of aliphatic imine (C=N–C) groups is 1. The lowest BCUT2D eigenvalue weighted by Gasteiger charge is -2.09. The van der Waals surface area contributed by atoms with Gasteiger partial charge < -0.3 is 0 Å². The molecule has 3 nitrogen and oxygen atoms in total. The van der Waals surface area contributed by atoms with E-state index < -0.39 is 11.7 Å². The van der Waals surface area contributed by atoms with Crippen LogP contribution in [-0.2, 0) is 6.18 Å². The Morgan fingerprint density at radius 3 is 2.67 bits per heavy atom. The van der Waals surface area contributed by atoms with Gasteiger partial charge in [0.1, 0.15) is 0 Å². The molecular formula is C10H7F3IN3S. The van der Waals surface area contributed by atoms with E-state index >= 15 is 0 Å². The Morgan fingerprint density at radius 1 is 1.50 bits per heavy atom. The third-order valence-corrected chi connectivity index (χ3v) is 3.36. The molecule has 0 saturated carbocycles. The van der Waals surface area contributed by atoms with Crippen molar-refractivity contribution in [2.24, 2.45) is 4.99 Å². The summed E-state index contributed by atoms with van der Waals surface area (Å²) < 4.78 is 38.1.